The fourth-order valence-corrected chi connectivity index (χ4v) is 3.52. The lowest BCUT2D eigenvalue weighted by molar-refractivity contribution is 0.600. The minimum absolute atomic E-state index is 0.0438. The maximum absolute atomic E-state index is 12.2. The molecule has 0 atom stereocenters. The van der Waals surface area contributed by atoms with E-state index >= 15 is 0 Å². The molecule has 2 N–H and O–H groups in total. The molecule has 0 heterocycles. The second-order valence-corrected chi connectivity index (χ2v) is 7.14. The summed E-state index contributed by atoms with van der Waals surface area (Å²) in [6, 6.07) is 26.1. The molecular formula is C19H18N2O2S. The average Bonchev–Trinajstić information content (AvgIpc) is 2.58. The third-order valence-corrected chi connectivity index (χ3v) is 4.68. The zero-order valence-corrected chi connectivity index (χ0v) is 13.8. The van der Waals surface area contributed by atoms with Gasteiger partial charge in [-0.05, 0) is 42.0 Å². The minimum atomic E-state index is -3.43. The number of para-hydroxylation sites is 1. The van der Waals surface area contributed by atoms with Gasteiger partial charge in [-0.25, -0.2) is 8.42 Å². The Hall–Kier alpha value is -2.79. The molecule has 0 spiro atoms. The number of rotatable bonds is 6. The lowest BCUT2D eigenvalue weighted by atomic mass is 10.2. The SMILES string of the molecule is O=S(=O)(Cc1ccccc1)Nc1ccc(Nc2ccccc2)cc1. The molecule has 24 heavy (non-hydrogen) atoms. The van der Waals surface area contributed by atoms with Crippen molar-refractivity contribution in [2.75, 3.05) is 10.0 Å². The number of hydrogen-bond acceptors (Lipinski definition) is 3. The Morgan fingerprint density at radius 2 is 1.12 bits per heavy atom. The van der Waals surface area contributed by atoms with Crippen molar-refractivity contribution < 1.29 is 8.42 Å². The Kier molecular flexibility index (Phi) is 4.82. The number of nitrogens with one attached hydrogen (secondary N) is 2. The van der Waals surface area contributed by atoms with Gasteiger partial charge in [0.05, 0.1) is 5.75 Å². The van der Waals surface area contributed by atoms with Gasteiger partial charge >= 0.3 is 0 Å². The summed E-state index contributed by atoms with van der Waals surface area (Å²) in [4.78, 5) is 0. The molecule has 0 unspecified atom stereocenters. The maximum Gasteiger partial charge on any atom is 0.236 e. The van der Waals surface area contributed by atoms with Crippen LogP contribution in [0.15, 0.2) is 84.9 Å². The smallest absolute Gasteiger partial charge is 0.236 e. The van der Waals surface area contributed by atoms with Crippen molar-refractivity contribution >= 4 is 27.1 Å². The normalized spacial score (nSPS) is 11.0. The first kappa shape index (κ1) is 16.1. The van der Waals surface area contributed by atoms with E-state index in [1.54, 1.807) is 24.3 Å². The molecule has 0 aliphatic rings. The summed E-state index contributed by atoms with van der Waals surface area (Å²) < 4.78 is 27.0. The lowest BCUT2D eigenvalue weighted by Gasteiger charge is -2.10. The van der Waals surface area contributed by atoms with Crippen LogP contribution in [0.2, 0.25) is 0 Å². The molecule has 122 valence electrons. The summed E-state index contributed by atoms with van der Waals surface area (Å²) >= 11 is 0. The van der Waals surface area contributed by atoms with Crippen molar-refractivity contribution in [3.63, 3.8) is 0 Å². The van der Waals surface area contributed by atoms with Gasteiger partial charge < -0.3 is 5.32 Å². The molecule has 0 aliphatic carbocycles. The molecule has 0 aliphatic heterocycles. The van der Waals surface area contributed by atoms with Gasteiger partial charge in [-0.3, -0.25) is 4.72 Å². The van der Waals surface area contributed by atoms with E-state index in [1.807, 2.05) is 60.7 Å². The predicted molar refractivity (Wildman–Crippen MR) is 98.9 cm³/mol. The van der Waals surface area contributed by atoms with Crippen LogP contribution in [-0.4, -0.2) is 8.42 Å². The van der Waals surface area contributed by atoms with E-state index in [1.165, 1.54) is 0 Å². The van der Waals surface area contributed by atoms with Crippen molar-refractivity contribution in [3.05, 3.63) is 90.5 Å². The second kappa shape index (κ2) is 7.19. The van der Waals surface area contributed by atoms with Crippen LogP contribution in [0.4, 0.5) is 17.1 Å². The van der Waals surface area contributed by atoms with Crippen LogP contribution in [0, 0.1) is 0 Å². The van der Waals surface area contributed by atoms with E-state index in [9.17, 15) is 8.42 Å². The third-order valence-electron chi connectivity index (χ3n) is 3.42. The Morgan fingerprint density at radius 3 is 1.75 bits per heavy atom. The van der Waals surface area contributed by atoms with Crippen molar-refractivity contribution in [1.29, 1.82) is 0 Å². The van der Waals surface area contributed by atoms with Gasteiger partial charge in [0.15, 0.2) is 0 Å². The topological polar surface area (TPSA) is 58.2 Å². The highest BCUT2D eigenvalue weighted by Crippen LogP contribution is 2.20. The number of sulfonamides is 1. The Balaban J connectivity index is 1.65. The molecule has 3 aromatic rings. The number of hydrogen-bond donors (Lipinski definition) is 2. The first-order valence-electron chi connectivity index (χ1n) is 7.57. The van der Waals surface area contributed by atoms with Gasteiger partial charge in [-0.2, -0.15) is 0 Å². The summed E-state index contributed by atoms with van der Waals surface area (Å²) in [5.41, 5.74) is 3.18. The molecule has 0 saturated carbocycles. The first-order chi connectivity index (χ1) is 11.6. The second-order valence-electron chi connectivity index (χ2n) is 5.42. The van der Waals surface area contributed by atoms with E-state index in [0.717, 1.165) is 16.9 Å². The first-order valence-corrected chi connectivity index (χ1v) is 9.22. The van der Waals surface area contributed by atoms with Gasteiger partial charge in [-0.1, -0.05) is 48.5 Å². The molecule has 0 fully saturated rings. The van der Waals surface area contributed by atoms with E-state index < -0.39 is 10.0 Å². The summed E-state index contributed by atoms with van der Waals surface area (Å²) in [7, 11) is -3.43. The van der Waals surface area contributed by atoms with Gasteiger partial charge in [0.2, 0.25) is 10.0 Å². The monoisotopic (exact) mass is 338 g/mol. The van der Waals surface area contributed by atoms with Gasteiger partial charge in [0, 0.05) is 17.1 Å². The van der Waals surface area contributed by atoms with Crippen LogP contribution in [-0.2, 0) is 15.8 Å². The van der Waals surface area contributed by atoms with E-state index in [4.69, 9.17) is 0 Å². The minimum Gasteiger partial charge on any atom is -0.356 e. The van der Waals surface area contributed by atoms with Crippen molar-refractivity contribution in [3.8, 4) is 0 Å². The average molecular weight is 338 g/mol. The molecule has 3 rings (SSSR count). The van der Waals surface area contributed by atoms with Crippen LogP contribution >= 0.6 is 0 Å². The highest BCUT2D eigenvalue weighted by atomic mass is 32.2. The van der Waals surface area contributed by atoms with Crippen molar-refractivity contribution in [1.82, 2.24) is 0 Å². The largest absolute Gasteiger partial charge is 0.356 e. The van der Waals surface area contributed by atoms with Crippen molar-refractivity contribution in [2.24, 2.45) is 0 Å². The lowest BCUT2D eigenvalue weighted by Crippen LogP contribution is -2.14. The van der Waals surface area contributed by atoms with Crippen LogP contribution in [0.25, 0.3) is 0 Å². The Morgan fingerprint density at radius 1 is 0.625 bits per heavy atom. The summed E-state index contributed by atoms with van der Waals surface area (Å²) in [6.07, 6.45) is 0. The molecule has 0 bridgehead atoms. The highest BCUT2D eigenvalue weighted by molar-refractivity contribution is 7.91. The number of benzene rings is 3. The van der Waals surface area contributed by atoms with Crippen LogP contribution in [0.1, 0.15) is 5.56 Å². The molecule has 0 radical (unpaired) electrons. The third kappa shape index (κ3) is 4.60. The summed E-state index contributed by atoms with van der Waals surface area (Å²) in [5.74, 6) is -0.0438. The molecule has 0 saturated heterocycles. The van der Waals surface area contributed by atoms with Crippen LogP contribution in [0.5, 0.6) is 0 Å². The van der Waals surface area contributed by atoms with E-state index in [-0.39, 0.29) is 5.75 Å². The van der Waals surface area contributed by atoms with Crippen LogP contribution < -0.4 is 10.0 Å². The molecule has 0 amide bonds. The van der Waals surface area contributed by atoms with Crippen LogP contribution in [0.3, 0.4) is 0 Å². The van der Waals surface area contributed by atoms with Crippen molar-refractivity contribution in [2.45, 2.75) is 5.75 Å². The van der Waals surface area contributed by atoms with E-state index in [2.05, 4.69) is 10.0 Å². The van der Waals surface area contributed by atoms with Gasteiger partial charge in [0.1, 0.15) is 0 Å². The summed E-state index contributed by atoms with van der Waals surface area (Å²) in [6.45, 7) is 0. The summed E-state index contributed by atoms with van der Waals surface area (Å²) in [5, 5.41) is 3.26. The molecule has 5 heteroatoms. The highest BCUT2D eigenvalue weighted by Gasteiger charge is 2.11. The zero-order chi connectivity index (χ0) is 16.8. The molecular weight excluding hydrogens is 320 g/mol. The standard InChI is InChI=1S/C19H18N2O2S/c22-24(23,15-16-7-3-1-4-8-16)21-19-13-11-18(12-14-19)20-17-9-5-2-6-10-17/h1-14,20-21H,15H2. The fraction of sp³-hybridized carbons (Fsp3) is 0.0526. The number of anilines is 3. The fourth-order valence-electron chi connectivity index (χ4n) is 2.32. The Labute approximate surface area is 142 Å². The van der Waals surface area contributed by atoms with Gasteiger partial charge in [-0.15, -0.1) is 0 Å². The quantitative estimate of drug-likeness (QED) is 0.701. The zero-order valence-electron chi connectivity index (χ0n) is 13.0. The molecule has 0 aromatic heterocycles. The predicted octanol–water partition coefficient (Wildman–Crippen LogP) is 4.37. The molecule has 3 aromatic carbocycles. The Bertz CT molecular complexity index is 878. The molecule has 4 nitrogen and oxygen atoms in total. The van der Waals surface area contributed by atoms with Gasteiger partial charge in [0.25, 0.3) is 0 Å². The maximum atomic E-state index is 12.2. The van der Waals surface area contributed by atoms with E-state index in [0.29, 0.717) is 5.69 Å².